The van der Waals surface area contributed by atoms with Crippen molar-refractivity contribution in [1.29, 1.82) is 0 Å². The first kappa shape index (κ1) is 15.2. The van der Waals surface area contributed by atoms with Crippen LogP contribution in [0.4, 0.5) is 0 Å². The number of amides is 1. The van der Waals surface area contributed by atoms with Gasteiger partial charge in [-0.1, -0.05) is 0 Å². The van der Waals surface area contributed by atoms with E-state index in [1.165, 1.54) is 0 Å². The maximum absolute atomic E-state index is 12.2. The number of hydrogen-bond donors (Lipinski definition) is 3. The van der Waals surface area contributed by atoms with Crippen molar-refractivity contribution in [1.82, 2.24) is 25.3 Å². The Labute approximate surface area is 133 Å². The van der Waals surface area contributed by atoms with E-state index >= 15 is 0 Å². The first-order valence-corrected chi connectivity index (χ1v) is 7.31. The third-order valence-corrected chi connectivity index (χ3v) is 3.48. The first-order chi connectivity index (χ1) is 10.8. The van der Waals surface area contributed by atoms with Crippen LogP contribution in [0.3, 0.4) is 0 Å². The smallest absolute Gasteiger partial charge is 0.251 e. The quantitative estimate of drug-likeness (QED) is 0.679. The Kier molecular flexibility index (Phi) is 3.65. The second-order valence-electron chi connectivity index (χ2n) is 6.23. The number of carbonyl (C=O) groups excluding carboxylic acids is 1. The molecule has 3 N–H and O–H groups in total. The lowest BCUT2D eigenvalue weighted by molar-refractivity contribution is 0.0694. The molecule has 1 aromatic carbocycles. The van der Waals surface area contributed by atoms with Gasteiger partial charge in [-0.05, 0) is 32.0 Å². The average Bonchev–Trinajstić information content (AvgIpc) is 3.09. The molecular formula is C16H19N5O2. The molecule has 0 saturated heterocycles. The van der Waals surface area contributed by atoms with Crippen molar-refractivity contribution in [3.05, 3.63) is 36.2 Å². The van der Waals surface area contributed by atoms with E-state index in [4.69, 9.17) is 0 Å². The standard InChI is InChI=1S/C16H19N5O2/c1-16(2,23)9-17-15(22)10-4-5-13-12(6-10)14(20-19-13)11-7-18-21(3)8-11/h4-8,23H,9H2,1-3H3,(H,17,22)(H,19,20). The number of benzene rings is 1. The van der Waals surface area contributed by atoms with Crippen LogP contribution in [-0.4, -0.2) is 43.1 Å². The van der Waals surface area contributed by atoms with Crippen LogP contribution in [0.25, 0.3) is 22.2 Å². The van der Waals surface area contributed by atoms with E-state index in [9.17, 15) is 9.90 Å². The molecule has 23 heavy (non-hydrogen) atoms. The van der Waals surface area contributed by atoms with Crippen molar-refractivity contribution in [3.63, 3.8) is 0 Å². The van der Waals surface area contributed by atoms with Gasteiger partial charge < -0.3 is 10.4 Å². The molecule has 0 aliphatic carbocycles. The summed E-state index contributed by atoms with van der Waals surface area (Å²) in [5, 5.41) is 24.7. The van der Waals surface area contributed by atoms with E-state index in [1.807, 2.05) is 19.3 Å². The highest BCUT2D eigenvalue weighted by Gasteiger charge is 2.16. The number of rotatable bonds is 4. The lowest BCUT2D eigenvalue weighted by Crippen LogP contribution is -2.38. The SMILES string of the molecule is Cn1cc(-c2n[nH]c3ccc(C(=O)NCC(C)(C)O)cc23)cn1. The van der Waals surface area contributed by atoms with Crippen LogP contribution in [0.15, 0.2) is 30.6 Å². The Hall–Kier alpha value is -2.67. The molecule has 3 aromatic rings. The molecule has 0 saturated carbocycles. The molecule has 0 radical (unpaired) electrons. The van der Waals surface area contributed by atoms with Gasteiger partial charge in [0.1, 0.15) is 5.69 Å². The molecule has 2 heterocycles. The van der Waals surface area contributed by atoms with Crippen molar-refractivity contribution in [2.75, 3.05) is 6.54 Å². The maximum atomic E-state index is 12.2. The molecule has 1 amide bonds. The van der Waals surface area contributed by atoms with Crippen LogP contribution in [0, 0.1) is 0 Å². The second-order valence-corrected chi connectivity index (χ2v) is 6.23. The van der Waals surface area contributed by atoms with Crippen molar-refractivity contribution < 1.29 is 9.90 Å². The Bertz CT molecular complexity index is 857. The van der Waals surface area contributed by atoms with Crippen molar-refractivity contribution in [2.24, 2.45) is 7.05 Å². The van der Waals surface area contributed by atoms with Gasteiger partial charge in [-0.2, -0.15) is 10.2 Å². The summed E-state index contributed by atoms with van der Waals surface area (Å²) < 4.78 is 1.70. The zero-order valence-corrected chi connectivity index (χ0v) is 13.3. The summed E-state index contributed by atoms with van der Waals surface area (Å²) >= 11 is 0. The van der Waals surface area contributed by atoms with Crippen LogP contribution >= 0.6 is 0 Å². The minimum absolute atomic E-state index is 0.185. The predicted molar refractivity (Wildman–Crippen MR) is 86.9 cm³/mol. The van der Waals surface area contributed by atoms with Gasteiger partial charge in [0.05, 0.1) is 17.3 Å². The molecule has 0 spiro atoms. The van der Waals surface area contributed by atoms with Gasteiger partial charge in [0, 0.05) is 36.3 Å². The van der Waals surface area contributed by atoms with Crippen LogP contribution in [-0.2, 0) is 7.05 Å². The molecule has 3 rings (SSSR count). The Balaban J connectivity index is 1.93. The highest BCUT2D eigenvalue weighted by molar-refractivity contribution is 6.01. The minimum atomic E-state index is -0.948. The van der Waals surface area contributed by atoms with Crippen molar-refractivity contribution in [2.45, 2.75) is 19.4 Å². The summed E-state index contributed by atoms with van der Waals surface area (Å²) in [6, 6.07) is 5.34. The number of aliphatic hydroxyl groups is 1. The van der Waals surface area contributed by atoms with E-state index < -0.39 is 5.60 Å². The second kappa shape index (κ2) is 5.51. The highest BCUT2D eigenvalue weighted by atomic mass is 16.3. The highest BCUT2D eigenvalue weighted by Crippen LogP contribution is 2.26. The number of H-pyrrole nitrogens is 1. The number of carbonyl (C=O) groups is 1. The summed E-state index contributed by atoms with van der Waals surface area (Å²) in [5.41, 5.74) is 2.06. The van der Waals surface area contributed by atoms with Crippen LogP contribution in [0.5, 0.6) is 0 Å². The molecule has 120 valence electrons. The number of fused-ring (bicyclic) bond motifs is 1. The fourth-order valence-corrected chi connectivity index (χ4v) is 2.32. The molecule has 0 aliphatic heterocycles. The Morgan fingerprint density at radius 2 is 2.22 bits per heavy atom. The fraction of sp³-hybridized carbons (Fsp3) is 0.312. The molecule has 0 bridgehead atoms. The van der Waals surface area contributed by atoms with E-state index in [2.05, 4.69) is 20.6 Å². The zero-order chi connectivity index (χ0) is 16.6. The summed E-state index contributed by atoms with van der Waals surface area (Å²) in [4.78, 5) is 12.2. The van der Waals surface area contributed by atoms with Gasteiger partial charge >= 0.3 is 0 Å². The molecule has 0 fully saturated rings. The topological polar surface area (TPSA) is 95.8 Å². The van der Waals surface area contributed by atoms with E-state index in [1.54, 1.807) is 36.9 Å². The first-order valence-electron chi connectivity index (χ1n) is 7.31. The summed E-state index contributed by atoms with van der Waals surface area (Å²) in [6.07, 6.45) is 3.60. The van der Waals surface area contributed by atoms with E-state index in [0.717, 1.165) is 22.2 Å². The van der Waals surface area contributed by atoms with Gasteiger partial charge in [-0.25, -0.2) is 0 Å². The molecular weight excluding hydrogens is 294 g/mol. The maximum Gasteiger partial charge on any atom is 0.251 e. The molecule has 7 nitrogen and oxygen atoms in total. The number of aromatic nitrogens is 4. The van der Waals surface area contributed by atoms with E-state index in [-0.39, 0.29) is 12.5 Å². The van der Waals surface area contributed by atoms with Crippen LogP contribution in [0.1, 0.15) is 24.2 Å². The number of nitrogens with one attached hydrogen (secondary N) is 2. The van der Waals surface area contributed by atoms with Crippen LogP contribution in [0.2, 0.25) is 0 Å². The summed E-state index contributed by atoms with van der Waals surface area (Å²) in [7, 11) is 1.84. The number of aryl methyl sites for hydroxylation is 1. The summed E-state index contributed by atoms with van der Waals surface area (Å²) in [6.45, 7) is 3.48. The lowest BCUT2D eigenvalue weighted by atomic mass is 10.1. The van der Waals surface area contributed by atoms with Gasteiger partial charge in [0.15, 0.2) is 0 Å². The third kappa shape index (κ3) is 3.24. The van der Waals surface area contributed by atoms with Gasteiger partial charge in [0.2, 0.25) is 0 Å². The van der Waals surface area contributed by atoms with Gasteiger partial charge in [-0.15, -0.1) is 0 Å². The number of hydrogen-bond acceptors (Lipinski definition) is 4. The molecule has 0 atom stereocenters. The Morgan fingerprint density at radius 3 is 2.87 bits per heavy atom. The fourth-order valence-electron chi connectivity index (χ4n) is 2.32. The average molecular weight is 313 g/mol. The third-order valence-electron chi connectivity index (χ3n) is 3.48. The zero-order valence-electron chi connectivity index (χ0n) is 13.3. The summed E-state index contributed by atoms with van der Waals surface area (Å²) in [5.74, 6) is -0.229. The number of aromatic amines is 1. The molecule has 0 unspecified atom stereocenters. The normalized spacial score (nSPS) is 11.8. The monoisotopic (exact) mass is 313 g/mol. The molecule has 2 aromatic heterocycles. The van der Waals surface area contributed by atoms with Crippen LogP contribution < -0.4 is 5.32 Å². The lowest BCUT2D eigenvalue weighted by Gasteiger charge is -2.17. The predicted octanol–water partition coefficient (Wildman–Crippen LogP) is 1.46. The Morgan fingerprint density at radius 1 is 1.43 bits per heavy atom. The molecule has 0 aliphatic rings. The number of nitrogens with zero attached hydrogens (tertiary/aromatic N) is 3. The molecule has 7 heteroatoms. The van der Waals surface area contributed by atoms with Crippen molar-refractivity contribution >= 4 is 16.8 Å². The van der Waals surface area contributed by atoms with Crippen molar-refractivity contribution in [3.8, 4) is 11.3 Å². The van der Waals surface area contributed by atoms with Gasteiger partial charge in [0.25, 0.3) is 5.91 Å². The minimum Gasteiger partial charge on any atom is -0.389 e. The van der Waals surface area contributed by atoms with E-state index in [0.29, 0.717) is 5.56 Å². The van der Waals surface area contributed by atoms with Gasteiger partial charge in [-0.3, -0.25) is 14.6 Å². The largest absolute Gasteiger partial charge is 0.389 e.